The molecule has 0 radical (unpaired) electrons. The zero-order valence-corrected chi connectivity index (χ0v) is 20.8. The van der Waals surface area contributed by atoms with Gasteiger partial charge in [0.15, 0.2) is 0 Å². The fourth-order valence-electron chi connectivity index (χ4n) is 4.42. The molecule has 2 aromatic rings. The Morgan fingerprint density at radius 3 is 2.30 bits per heavy atom. The normalized spacial score (nSPS) is 18.5. The Bertz CT molecular complexity index is 1200. The summed E-state index contributed by atoms with van der Waals surface area (Å²) < 4.78 is 46.5. The number of nitrogens with zero attached hydrogens (tertiary/aromatic N) is 1. The Labute approximate surface area is 214 Å². The lowest BCUT2D eigenvalue weighted by Gasteiger charge is -2.39. The third kappa shape index (κ3) is 6.29. The number of rotatable bonds is 6. The summed E-state index contributed by atoms with van der Waals surface area (Å²) in [6.45, 7) is 5.16. The molecule has 0 spiro atoms. The summed E-state index contributed by atoms with van der Waals surface area (Å²) in [4.78, 5) is 27.8. The number of anilines is 2. The minimum Gasteiger partial charge on any atom is -0.379 e. The lowest BCUT2D eigenvalue weighted by Crippen LogP contribution is -2.56. The van der Waals surface area contributed by atoms with Gasteiger partial charge in [-0.25, -0.2) is 0 Å². The quantitative estimate of drug-likeness (QED) is 0.527. The fourth-order valence-corrected chi connectivity index (χ4v) is 4.42. The van der Waals surface area contributed by atoms with Crippen LogP contribution in [0.3, 0.4) is 0 Å². The zero-order chi connectivity index (χ0) is 26.6. The van der Waals surface area contributed by atoms with Crippen molar-refractivity contribution in [1.29, 1.82) is 0 Å². The second-order valence-corrected chi connectivity index (χ2v) is 9.60. The van der Waals surface area contributed by atoms with Gasteiger partial charge in [-0.05, 0) is 56.2 Å². The molecule has 2 N–H and O–H groups in total. The van der Waals surface area contributed by atoms with Crippen molar-refractivity contribution >= 4 is 23.2 Å². The van der Waals surface area contributed by atoms with Gasteiger partial charge in [-0.15, -0.1) is 0 Å². The molecule has 1 heterocycles. The molecule has 0 aromatic heterocycles. The highest BCUT2D eigenvalue weighted by molar-refractivity contribution is 6.06. The van der Waals surface area contributed by atoms with E-state index in [1.54, 1.807) is 26.0 Å². The maximum atomic E-state index is 13.7. The zero-order valence-electron chi connectivity index (χ0n) is 20.8. The van der Waals surface area contributed by atoms with E-state index in [2.05, 4.69) is 22.8 Å². The van der Waals surface area contributed by atoms with Crippen LogP contribution in [-0.2, 0) is 15.7 Å². The molecular weight excluding hydrogens is 483 g/mol. The maximum Gasteiger partial charge on any atom is 0.418 e. The van der Waals surface area contributed by atoms with Crippen molar-refractivity contribution in [2.75, 3.05) is 36.9 Å². The second kappa shape index (κ2) is 10.9. The van der Waals surface area contributed by atoms with Gasteiger partial charge in [0.05, 0.1) is 30.0 Å². The van der Waals surface area contributed by atoms with Gasteiger partial charge in [0.25, 0.3) is 5.91 Å². The molecule has 4 rings (SSSR count). The first-order valence-corrected chi connectivity index (χ1v) is 12.2. The summed E-state index contributed by atoms with van der Waals surface area (Å²) >= 11 is 0. The highest BCUT2D eigenvalue weighted by Crippen LogP contribution is 2.36. The van der Waals surface area contributed by atoms with Crippen LogP contribution in [0.2, 0.25) is 0 Å². The van der Waals surface area contributed by atoms with Crippen LogP contribution in [-0.4, -0.2) is 48.6 Å². The minimum absolute atomic E-state index is 0.00286. The molecule has 2 amide bonds. The Balaban J connectivity index is 1.52. The molecule has 2 aromatic carbocycles. The number of carbonyl (C=O) groups excluding carboxylic acids is 2. The Hall–Kier alpha value is -3.43. The number of allylic oxidation sites excluding steroid dienone is 4. The van der Waals surface area contributed by atoms with Crippen molar-refractivity contribution in [1.82, 2.24) is 4.90 Å². The topological polar surface area (TPSA) is 70.7 Å². The standard InChI is InChI=1S/C28H30F3N3O3/c1-27(2,34-14-16-37-17-15-34)26(36)33-24-18-21(10-13-23(24)28(29,30)31)25(35)32-22-11-8-20(9-12-22)19-6-4-3-5-7-19/h3-6,8-13,18-19H,7,14-17H2,1-2H3,(H,32,35)(H,33,36). The van der Waals surface area contributed by atoms with Gasteiger partial charge in [0.2, 0.25) is 5.91 Å². The van der Waals surface area contributed by atoms with Crippen molar-refractivity contribution in [2.45, 2.75) is 37.9 Å². The Kier molecular flexibility index (Phi) is 7.85. The molecule has 1 unspecified atom stereocenters. The van der Waals surface area contributed by atoms with Crippen molar-refractivity contribution < 1.29 is 27.5 Å². The number of hydrogen-bond donors (Lipinski definition) is 2. The average molecular weight is 514 g/mol. The van der Waals surface area contributed by atoms with Gasteiger partial charge >= 0.3 is 6.18 Å². The van der Waals surface area contributed by atoms with Crippen molar-refractivity contribution in [2.24, 2.45) is 0 Å². The molecular formula is C28H30F3N3O3. The van der Waals surface area contributed by atoms with Crippen LogP contribution in [0.4, 0.5) is 24.5 Å². The summed E-state index contributed by atoms with van der Waals surface area (Å²) in [5.74, 6) is -0.915. The van der Waals surface area contributed by atoms with E-state index in [0.29, 0.717) is 32.0 Å². The summed E-state index contributed by atoms with van der Waals surface area (Å²) in [6.07, 6.45) is 4.36. The largest absolute Gasteiger partial charge is 0.418 e. The van der Waals surface area contributed by atoms with E-state index in [4.69, 9.17) is 4.74 Å². The van der Waals surface area contributed by atoms with E-state index in [9.17, 15) is 22.8 Å². The molecule has 2 aliphatic rings. The summed E-state index contributed by atoms with van der Waals surface area (Å²) in [5, 5.41) is 5.15. The predicted molar refractivity (Wildman–Crippen MR) is 137 cm³/mol. The minimum atomic E-state index is -4.71. The number of nitrogens with one attached hydrogen (secondary N) is 2. The Morgan fingerprint density at radius 1 is 0.973 bits per heavy atom. The van der Waals surface area contributed by atoms with Gasteiger partial charge in [-0.1, -0.05) is 36.4 Å². The van der Waals surface area contributed by atoms with Crippen molar-refractivity contribution in [3.8, 4) is 0 Å². The number of morpholine rings is 1. The second-order valence-electron chi connectivity index (χ2n) is 9.60. The van der Waals surface area contributed by atoms with Gasteiger partial charge in [-0.3, -0.25) is 14.5 Å². The molecule has 1 aliphatic carbocycles. The molecule has 0 bridgehead atoms. The van der Waals surface area contributed by atoms with E-state index in [1.807, 2.05) is 29.2 Å². The highest BCUT2D eigenvalue weighted by Gasteiger charge is 2.38. The summed E-state index contributed by atoms with van der Waals surface area (Å²) in [7, 11) is 0. The number of hydrogen-bond acceptors (Lipinski definition) is 4. The van der Waals surface area contributed by atoms with Crippen LogP contribution < -0.4 is 10.6 Å². The number of ether oxygens (including phenoxy) is 1. The average Bonchev–Trinajstić information content (AvgIpc) is 2.89. The molecule has 37 heavy (non-hydrogen) atoms. The first kappa shape index (κ1) is 26.6. The lowest BCUT2D eigenvalue weighted by molar-refractivity contribution is -0.137. The summed E-state index contributed by atoms with van der Waals surface area (Å²) in [5.41, 5.74) is -0.940. The highest BCUT2D eigenvalue weighted by atomic mass is 19.4. The third-order valence-corrected chi connectivity index (χ3v) is 6.77. The first-order chi connectivity index (χ1) is 17.6. The maximum absolute atomic E-state index is 13.7. The van der Waals surface area contributed by atoms with Crippen molar-refractivity contribution in [3.63, 3.8) is 0 Å². The third-order valence-electron chi connectivity index (χ3n) is 6.77. The molecule has 1 aliphatic heterocycles. The Morgan fingerprint density at radius 2 is 1.68 bits per heavy atom. The van der Waals surface area contributed by atoms with Gasteiger partial charge in [-0.2, -0.15) is 13.2 Å². The fraction of sp³-hybridized carbons (Fsp3) is 0.357. The monoisotopic (exact) mass is 513 g/mol. The number of alkyl halides is 3. The van der Waals surface area contributed by atoms with Crippen LogP contribution in [0, 0.1) is 0 Å². The number of amides is 2. The van der Waals surface area contributed by atoms with E-state index in [1.165, 1.54) is 0 Å². The number of halogens is 3. The van der Waals surface area contributed by atoms with E-state index >= 15 is 0 Å². The summed E-state index contributed by atoms with van der Waals surface area (Å²) in [6, 6.07) is 10.3. The molecule has 1 fully saturated rings. The molecule has 196 valence electrons. The van der Waals surface area contributed by atoms with Gasteiger partial charge in [0.1, 0.15) is 0 Å². The first-order valence-electron chi connectivity index (χ1n) is 12.2. The lowest BCUT2D eigenvalue weighted by atomic mass is 9.92. The molecule has 1 saturated heterocycles. The number of carbonyl (C=O) groups is 2. The van der Waals surface area contributed by atoms with Crippen LogP contribution in [0.15, 0.2) is 66.8 Å². The van der Waals surface area contributed by atoms with Gasteiger partial charge < -0.3 is 15.4 Å². The van der Waals surface area contributed by atoms with Crippen LogP contribution >= 0.6 is 0 Å². The van der Waals surface area contributed by atoms with Crippen LogP contribution in [0.25, 0.3) is 0 Å². The SMILES string of the molecule is CC(C)(C(=O)Nc1cc(C(=O)Nc2ccc(C3C=CC=CC3)cc2)ccc1C(F)(F)F)N1CCOCC1. The van der Waals surface area contributed by atoms with Crippen LogP contribution in [0.1, 0.15) is 47.7 Å². The van der Waals surface area contributed by atoms with Crippen molar-refractivity contribution in [3.05, 3.63) is 83.5 Å². The smallest absolute Gasteiger partial charge is 0.379 e. The van der Waals surface area contributed by atoms with Gasteiger partial charge in [0, 0.05) is 30.3 Å². The van der Waals surface area contributed by atoms with E-state index in [-0.39, 0.29) is 11.5 Å². The molecule has 0 saturated carbocycles. The van der Waals surface area contributed by atoms with E-state index in [0.717, 1.165) is 30.2 Å². The predicted octanol–water partition coefficient (Wildman–Crippen LogP) is 5.61. The molecule has 1 atom stereocenters. The molecule has 6 nitrogen and oxygen atoms in total. The van der Waals surface area contributed by atoms with Crippen LogP contribution in [0.5, 0.6) is 0 Å². The number of benzene rings is 2. The van der Waals surface area contributed by atoms with E-state index < -0.39 is 34.8 Å². The molecule has 9 heteroatoms.